The molecule has 3 aromatic heterocycles. The number of hydrogen-bond donors (Lipinski definition) is 3. The molecular formula is C31H36N6S. The third-order valence-corrected chi connectivity index (χ3v) is 7.61. The van der Waals surface area contributed by atoms with Crippen molar-refractivity contribution in [3.05, 3.63) is 105 Å². The molecule has 0 radical (unpaired) electrons. The number of thiophene rings is 1. The van der Waals surface area contributed by atoms with Crippen LogP contribution in [0, 0.1) is 13.8 Å². The number of likely N-dealkylation sites (tertiary alicyclic amines) is 1. The molecule has 4 N–H and O–H groups in total. The number of nitrogens with zero attached hydrogens (tertiary/aromatic N) is 3. The fourth-order valence-electron chi connectivity index (χ4n) is 4.45. The van der Waals surface area contributed by atoms with Crippen LogP contribution in [0.1, 0.15) is 34.9 Å². The maximum Gasteiger partial charge on any atom is 0.128 e. The summed E-state index contributed by atoms with van der Waals surface area (Å²) >= 11 is 1.77. The summed E-state index contributed by atoms with van der Waals surface area (Å²) in [5.74, 6) is 0.842. The molecular weight excluding hydrogens is 488 g/mol. The topological polar surface area (TPSA) is 86.1 Å². The molecule has 1 aliphatic rings. The lowest BCUT2D eigenvalue weighted by atomic mass is 10.0. The highest BCUT2D eigenvalue weighted by atomic mass is 32.1. The zero-order valence-corrected chi connectivity index (χ0v) is 23.5. The standard InChI is InChI=1S/C31H36N6S/c1-8-11-24(29-15-13-20(5)38-29)25-16-28(33-22(25)7)31-21(6)27(35-36-31)14-12-19(4)26(9-2)34-30(10-3)37-17-23(32)18-37/h8-16,23,33,35H,1,3,6,17-18,32H2,2,4-5,7H3/b19-12+,24-11+,26-9-,27-14+,34-30?. The van der Waals surface area contributed by atoms with E-state index < -0.39 is 0 Å². The van der Waals surface area contributed by atoms with Gasteiger partial charge < -0.3 is 15.6 Å². The van der Waals surface area contributed by atoms with Crippen molar-refractivity contribution in [1.82, 2.24) is 20.1 Å². The van der Waals surface area contributed by atoms with Crippen LogP contribution in [0.25, 0.3) is 29.6 Å². The molecule has 0 amide bonds. The van der Waals surface area contributed by atoms with Gasteiger partial charge in [0.05, 0.1) is 16.7 Å². The molecule has 196 valence electrons. The molecule has 0 unspecified atom stereocenters. The Bertz CT molecular complexity index is 1580. The number of allylic oxidation sites excluding steroid dienone is 5. The summed E-state index contributed by atoms with van der Waals surface area (Å²) < 4.78 is 0. The van der Waals surface area contributed by atoms with Gasteiger partial charge in [0.15, 0.2) is 0 Å². The van der Waals surface area contributed by atoms with Gasteiger partial charge in [-0.25, -0.2) is 4.99 Å². The SMILES string of the molecule is C=C/C=C(/c1ccc(C)s1)c1cc(-c2n[nH]/c(=C/C=C(C)/C(=C/C)N=C(C=C)N3CC(N)C3)c2=C)[nH]c1C. The summed E-state index contributed by atoms with van der Waals surface area (Å²) in [5, 5.41) is 9.40. The Morgan fingerprint density at radius 2 is 2.00 bits per heavy atom. The van der Waals surface area contributed by atoms with Crippen molar-refractivity contribution < 1.29 is 0 Å². The Hall–Kier alpha value is -3.94. The van der Waals surface area contributed by atoms with Gasteiger partial charge in [-0.2, -0.15) is 5.10 Å². The zero-order valence-electron chi connectivity index (χ0n) is 22.6. The van der Waals surface area contributed by atoms with Gasteiger partial charge in [-0.15, -0.1) is 11.3 Å². The van der Waals surface area contributed by atoms with E-state index >= 15 is 0 Å². The number of H-pyrrole nitrogens is 2. The van der Waals surface area contributed by atoms with Crippen molar-refractivity contribution in [3.8, 4) is 11.4 Å². The first-order valence-corrected chi connectivity index (χ1v) is 13.5. The highest BCUT2D eigenvalue weighted by Gasteiger charge is 2.24. The highest BCUT2D eigenvalue weighted by molar-refractivity contribution is 7.13. The van der Waals surface area contributed by atoms with Crippen molar-refractivity contribution in [2.45, 2.75) is 33.7 Å². The van der Waals surface area contributed by atoms with Crippen LogP contribution in [0.3, 0.4) is 0 Å². The van der Waals surface area contributed by atoms with Gasteiger partial charge in [0, 0.05) is 50.9 Å². The molecule has 0 spiro atoms. The van der Waals surface area contributed by atoms with Gasteiger partial charge in [-0.1, -0.05) is 44.0 Å². The van der Waals surface area contributed by atoms with Crippen LogP contribution in [0.2, 0.25) is 0 Å². The molecule has 3 aromatic rings. The number of aromatic amines is 2. The predicted molar refractivity (Wildman–Crippen MR) is 163 cm³/mol. The van der Waals surface area contributed by atoms with E-state index in [-0.39, 0.29) is 6.04 Å². The van der Waals surface area contributed by atoms with E-state index in [1.165, 1.54) is 9.75 Å². The molecule has 1 saturated heterocycles. The molecule has 6 nitrogen and oxygen atoms in total. The normalized spacial score (nSPS) is 16.2. The minimum absolute atomic E-state index is 0.202. The van der Waals surface area contributed by atoms with Crippen molar-refractivity contribution in [3.63, 3.8) is 0 Å². The number of hydrogen-bond acceptors (Lipinski definition) is 4. The number of nitrogens with one attached hydrogen (secondary N) is 2. The van der Waals surface area contributed by atoms with Crippen molar-refractivity contribution in [2.24, 2.45) is 10.7 Å². The first-order chi connectivity index (χ1) is 18.2. The Morgan fingerprint density at radius 3 is 2.61 bits per heavy atom. The third kappa shape index (κ3) is 5.64. The summed E-state index contributed by atoms with van der Waals surface area (Å²) in [4.78, 5) is 12.9. The molecule has 1 aliphatic heterocycles. The first-order valence-electron chi connectivity index (χ1n) is 12.7. The molecule has 0 aliphatic carbocycles. The van der Waals surface area contributed by atoms with E-state index in [9.17, 15) is 0 Å². The Balaban J connectivity index is 1.63. The van der Waals surface area contributed by atoms with Crippen LogP contribution in [0.4, 0.5) is 0 Å². The van der Waals surface area contributed by atoms with E-state index in [1.54, 1.807) is 17.4 Å². The molecule has 1 fully saturated rings. The van der Waals surface area contributed by atoms with Crippen molar-refractivity contribution >= 4 is 35.4 Å². The monoisotopic (exact) mass is 524 g/mol. The fourth-order valence-corrected chi connectivity index (χ4v) is 5.36. The molecule has 0 atom stereocenters. The molecule has 4 rings (SSSR count). The van der Waals surface area contributed by atoms with Gasteiger partial charge in [0.2, 0.25) is 0 Å². The molecule has 0 saturated carbocycles. The van der Waals surface area contributed by atoms with Gasteiger partial charge in [0.1, 0.15) is 11.5 Å². The number of amidine groups is 1. The van der Waals surface area contributed by atoms with Crippen LogP contribution in [-0.2, 0) is 0 Å². The fraction of sp³-hybridized carbons (Fsp3) is 0.226. The van der Waals surface area contributed by atoms with Crippen LogP contribution >= 0.6 is 11.3 Å². The van der Waals surface area contributed by atoms with Gasteiger partial charge in [0.25, 0.3) is 0 Å². The van der Waals surface area contributed by atoms with Gasteiger partial charge in [-0.05, 0) is 63.6 Å². The maximum atomic E-state index is 5.93. The summed E-state index contributed by atoms with van der Waals surface area (Å²) in [6, 6.07) is 6.64. The van der Waals surface area contributed by atoms with Crippen LogP contribution in [-0.4, -0.2) is 45.0 Å². The Kier molecular flexibility index (Phi) is 8.29. The number of rotatable bonds is 8. The van der Waals surface area contributed by atoms with Gasteiger partial charge in [-0.3, -0.25) is 5.10 Å². The van der Waals surface area contributed by atoms with Crippen molar-refractivity contribution in [2.75, 3.05) is 13.1 Å². The van der Waals surface area contributed by atoms with E-state index in [0.717, 1.165) is 69.0 Å². The lowest BCUT2D eigenvalue weighted by molar-refractivity contribution is 0.255. The summed E-state index contributed by atoms with van der Waals surface area (Å²) in [5.41, 5.74) is 12.9. The molecule has 0 bridgehead atoms. The lowest BCUT2D eigenvalue weighted by Crippen LogP contribution is -2.57. The smallest absolute Gasteiger partial charge is 0.128 e. The maximum absolute atomic E-state index is 5.93. The summed E-state index contributed by atoms with van der Waals surface area (Å²) in [6.45, 7) is 22.0. The number of aliphatic imine (C=N–C) groups is 1. The van der Waals surface area contributed by atoms with Crippen LogP contribution in [0.15, 0.2) is 78.0 Å². The molecule has 7 heteroatoms. The highest BCUT2D eigenvalue weighted by Crippen LogP contribution is 2.33. The average molecular weight is 525 g/mol. The van der Waals surface area contributed by atoms with E-state index in [4.69, 9.17) is 10.7 Å². The lowest BCUT2D eigenvalue weighted by Gasteiger charge is -2.38. The minimum Gasteiger partial charge on any atom is -0.357 e. The first kappa shape index (κ1) is 27.1. The number of nitrogens with two attached hydrogens (primary N) is 1. The number of aryl methyl sites for hydroxylation is 2. The zero-order chi connectivity index (χ0) is 27.4. The Labute approximate surface area is 228 Å². The summed E-state index contributed by atoms with van der Waals surface area (Å²) in [7, 11) is 0. The van der Waals surface area contributed by atoms with E-state index in [0.29, 0.717) is 0 Å². The number of aromatic nitrogens is 3. The Morgan fingerprint density at radius 1 is 1.24 bits per heavy atom. The minimum atomic E-state index is 0.202. The summed E-state index contributed by atoms with van der Waals surface area (Å²) in [6.07, 6.45) is 11.7. The molecule has 4 heterocycles. The van der Waals surface area contributed by atoms with Gasteiger partial charge >= 0.3 is 0 Å². The average Bonchev–Trinajstić information content (AvgIpc) is 3.58. The van der Waals surface area contributed by atoms with E-state index in [1.807, 2.05) is 38.2 Å². The quantitative estimate of drug-likeness (QED) is 0.221. The third-order valence-electron chi connectivity index (χ3n) is 6.58. The largest absolute Gasteiger partial charge is 0.357 e. The molecule has 38 heavy (non-hydrogen) atoms. The van der Waals surface area contributed by atoms with Crippen molar-refractivity contribution in [1.29, 1.82) is 0 Å². The van der Waals surface area contributed by atoms with E-state index in [2.05, 4.69) is 77.9 Å². The second-order valence-electron chi connectivity index (χ2n) is 9.44. The van der Waals surface area contributed by atoms with Crippen LogP contribution < -0.4 is 16.3 Å². The second kappa shape index (κ2) is 11.6. The van der Waals surface area contributed by atoms with Crippen LogP contribution in [0.5, 0.6) is 0 Å². The predicted octanol–water partition coefficient (Wildman–Crippen LogP) is 4.97. The second-order valence-corrected chi connectivity index (χ2v) is 10.7. The molecule has 0 aromatic carbocycles.